The van der Waals surface area contributed by atoms with Crippen LogP contribution in [0.4, 0.5) is 4.39 Å². The molecule has 8 heteroatoms. The molecule has 0 spiro atoms. The predicted molar refractivity (Wildman–Crippen MR) is 95.7 cm³/mol. The number of amides is 1. The predicted octanol–water partition coefficient (Wildman–Crippen LogP) is 2.21. The summed E-state index contributed by atoms with van der Waals surface area (Å²) in [4.78, 5) is 11.9. The highest BCUT2D eigenvalue weighted by atomic mass is 32.2. The zero-order valence-corrected chi connectivity index (χ0v) is 15.2. The summed E-state index contributed by atoms with van der Waals surface area (Å²) in [6.07, 6.45) is 0.527. The lowest BCUT2D eigenvalue weighted by molar-refractivity contribution is -0.121. The van der Waals surface area contributed by atoms with Crippen LogP contribution in [0.25, 0.3) is 0 Å². The van der Waals surface area contributed by atoms with Gasteiger partial charge in [0, 0.05) is 25.1 Å². The molecule has 0 saturated carbocycles. The first-order valence-electron chi connectivity index (χ1n) is 8.06. The van der Waals surface area contributed by atoms with Gasteiger partial charge in [0.2, 0.25) is 15.9 Å². The molecule has 0 fully saturated rings. The molecular weight excluding hydrogens is 359 g/mol. The Kier molecular flexibility index (Phi) is 7.11. The van der Waals surface area contributed by atoms with Gasteiger partial charge in [-0.05, 0) is 36.8 Å². The summed E-state index contributed by atoms with van der Waals surface area (Å²) < 4.78 is 44.5. The minimum atomic E-state index is -3.70. The number of sulfonamides is 1. The van der Waals surface area contributed by atoms with Gasteiger partial charge in [-0.2, -0.15) is 0 Å². The third kappa shape index (κ3) is 5.82. The van der Waals surface area contributed by atoms with E-state index in [0.717, 1.165) is 17.7 Å². The molecule has 1 amide bonds. The molecule has 140 valence electrons. The number of nitrogens with one attached hydrogen (secondary N) is 2. The van der Waals surface area contributed by atoms with Gasteiger partial charge in [-0.1, -0.05) is 18.2 Å². The molecule has 0 bridgehead atoms. The summed E-state index contributed by atoms with van der Waals surface area (Å²) >= 11 is 0. The topological polar surface area (TPSA) is 84.5 Å². The molecule has 2 aromatic carbocycles. The van der Waals surface area contributed by atoms with Gasteiger partial charge < -0.3 is 10.1 Å². The van der Waals surface area contributed by atoms with Crippen LogP contribution >= 0.6 is 0 Å². The second-order valence-electron chi connectivity index (χ2n) is 5.54. The molecule has 0 atom stereocenters. The Hall–Kier alpha value is -2.45. The third-order valence-corrected chi connectivity index (χ3v) is 5.14. The number of hydrogen-bond acceptors (Lipinski definition) is 4. The first-order chi connectivity index (χ1) is 12.4. The Morgan fingerprint density at radius 2 is 1.81 bits per heavy atom. The van der Waals surface area contributed by atoms with E-state index < -0.39 is 15.8 Å². The summed E-state index contributed by atoms with van der Waals surface area (Å²) in [6.45, 7) is 0.450. The average molecular weight is 380 g/mol. The lowest BCUT2D eigenvalue weighted by Crippen LogP contribution is -2.27. The van der Waals surface area contributed by atoms with Crippen LogP contribution < -0.4 is 14.8 Å². The van der Waals surface area contributed by atoms with Gasteiger partial charge in [0.1, 0.15) is 11.6 Å². The van der Waals surface area contributed by atoms with E-state index in [4.69, 9.17) is 4.74 Å². The van der Waals surface area contributed by atoms with E-state index in [1.54, 1.807) is 7.11 Å². The first-order valence-corrected chi connectivity index (χ1v) is 9.54. The lowest BCUT2D eigenvalue weighted by Gasteiger charge is -2.10. The monoisotopic (exact) mass is 380 g/mol. The largest absolute Gasteiger partial charge is 0.496 e. The van der Waals surface area contributed by atoms with Crippen LogP contribution in [0.1, 0.15) is 18.4 Å². The van der Waals surface area contributed by atoms with Crippen LogP contribution in [0.3, 0.4) is 0 Å². The van der Waals surface area contributed by atoms with E-state index >= 15 is 0 Å². The van der Waals surface area contributed by atoms with Crippen LogP contribution in [0.5, 0.6) is 5.75 Å². The highest BCUT2D eigenvalue weighted by molar-refractivity contribution is 7.89. The van der Waals surface area contributed by atoms with Crippen molar-refractivity contribution in [2.45, 2.75) is 24.3 Å². The van der Waals surface area contributed by atoms with E-state index in [1.165, 1.54) is 12.1 Å². The first kappa shape index (κ1) is 19.9. The zero-order valence-electron chi connectivity index (χ0n) is 14.4. The molecule has 2 N–H and O–H groups in total. The fourth-order valence-electron chi connectivity index (χ4n) is 2.28. The van der Waals surface area contributed by atoms with Crippen LogP contribution in [0, 0.1) is 5.82 Å². The Morgan fingerprint density at radius 1 is 1.12 bits per heavy atom. The van der Waals surface area contributed by atoms with Gasteiger partial charge in [-0.15, -0.1) is 0 Å². The minimum Gasteiger partial charge on any atom is -0.496 e. The average Bonchev–Trinajstić information content (AvgIpc) is 2.64. The molecule has 0 unspecified atom stereocenters. The van der Waals surface area contributed by atoms with Crippen molar-refractivity contribution in [2.75, 3.05) is 13.7 Å². The molecule has 6 nitrogen and oxygen atoms in total. The van der Waals surface area contributed by atoms with Crippen molar-refractivity contribution in [3.8, 4) is 5.75 Å². The van der Waals surface area contributed by atoms with Crippen molar-refractivity contribution in [3.05, 3.63) is 59.9 Å². The van der Waals surface area contributed by atoms with Gasteiger partial charge in [0.05, 0.1) is 12.0 Å². The summed E-state index contributed by atoms with van der Waals surface area (Å²) in [5.74, 6) is 0.00686. The fourth-order valence-corrected chi connectivity index (χ4v) is 3.36. The minimum absolute atomic E-state index is 0.0143. The van der Waals surface area contributed by atoms with Crippen LogP contribution in [0.2, 0.25) is 0 Å². The maximum absolute atomic E-state index is 12.8. The number of rotatable bonds is 9. The van der Waals surface area contributed by atoms with Crippen molar-refractivity contribution >= 4 is 15.9 Å². The number of carbonyl (C=O) groups excluding carboxylic acids is 1. The quantitative estimate of drug-likeness (QED) is 0.653. The molecule has 26 heavy (non-hydrogen) atoms. The lowest BCUT2D eigenvalue weighted by atomic mass is 10.2. The van der Waals surface area contributed by atoms with Crippen molar-refractivity contribution in [3.63, 3.8) is 0 Å². The summed E-state index contributed by atoms with van der Waals surface area (Å²) in [7, 11) is -2.14. The number of methoxy groups -OCH3 is 1. The number of ether oxygens (including phenoxy) is 1. The molecular formula is C18H21FN2O4S. The van der Waals surface area contributed by atoms with Crippen molar-refractivity contribution in [1.29, 1.82) is 0 Å². The second kappa shape index (κ2) is 9.30. The standard InChI is InChI=1S/C18H21FN2O4S/c1-25-17-6-3-2-5-14(17)13-20-18(22)7-4-12-21-26(23,24)16-10-8-15(19)9-11-16/h2-3,5-6,8-11,21H,4,7,12-13H2,1H3,(H,20,22). The number of hydrogen-bond donors (Lipinski definition) is 2. The Balaban J connectivity index is 1.74. The van der Waals surface area contributed by atoms with Gasteiger partial charge in [-0.25, -0.2) is 17.5 Å². The summed E-state index contributed by atoms with van der Waals surface area (Å²) in [5, 5.41) is 2.77. The molecule has 0 saturated heterocycles. The van der Waals surface area contributed by atoms with Gasteiger partial charge in [0.15, 0.2) is 0 Å². The molecule has 0 aliphatic rings. The summed E-state index contributed by atoms with van der Waals surface area (Å²) in [5.41, 5.74) is 0.861. The van der Waals surface area contributed by atoms with Crippen LogP contribution in [-0.4, -0.2) is 28.0 Å². The van der Waals surface area contributed by atoms with E-state index in [9.17, 15) is 17.6 Å². The van der Waals surface area contributed by atoms with Crippen LogP contribution in [-0.2, 0) is 21.4 Å². The van der Waals surface area contributed by atoms with Crippen molar-refractivity contribution < 1.29 is 22.3 Å². The van der Waals surface area contributed by atoms with Gasteiger partial charge >= 0.3 is 0 Å². The van der Waals surface area contributed by atoms with Crippen molar-refractivity contribution in [2.24, 2.45) is 0 Å². The van der Waals surface area contributed by atoms with E-state index in [2.05, 4.69) is 10.0 Å². The Bertz CT molecular complexity index is 839. The van der Waals surface area contributed by atoms with Gasteiger partial charge in [0.25, 0.3) is 0 Å². The highest BCUT2D eigenvalue weighted by Crippen LogP contribution is 2.16. The number of halogens is 1. The van der Waals surface area contributed by atoms with E-state index in [0.29, 0.717) is 18.7 Å². The normalized spacial score (nSPS) is 11.2. The zero-order chi connectivity index (χ0) is 19.0. The smallest absolute Gasteiger partial charge is 0.240 e. The molecule has 0 radical (unpaired) electrons. The van der Waals surface area contributed by atoms with E-state index in [1.807, 2.05) is 24.3 Å². The fraction of sp³-hybridized carbons (Fsp3) is 0.278. The Morgan fingerprint density at radius 3 is 2.50 bits per heavy atom. The van der Waals surface area contributed by atoms with Crippen LogP contribution in [0.15, 0.2) is 53.4 Å². The van der Waals surface area contributed by atoms with Crippen molar-refractivity contribution in [1.82, 2.24) is 10.0 Å². The molecule has 0 aliphatic carbocycles. The molecule has 0 aromatic heterocycles. The molecule has 2 rings (SSSR count). The summed E-state index contributed by atoms with van der Waals surface area (Å²) in [6, 6.07) is 11.9. The maximum Gasteiger partial charge on any atom is 0.240 e. The molecule has 0 aliphatic heterocycles. The Labute approximate surface area is 152 Å². The third-order valence-electron chi connectivity index (χ3n) is 3.67. The maximum atomic E-state index is 12.8. The van der Waals surface area contributed by atoms with Gasteiger partial charge in [-0.3, -0.25) is 4.79 Å². The molecule has 2 aromatic rings. The number of para-hydroxylation sites is 1. The molecule has 0 heterocycles. The second-order valence-corrected chi connectivity index (χ2v) is 7.31. The number of benzene rings is 2. The van der Waals surface area contributed by atoms with E-state index in [-0.39, 0.29) is 23.8 Å². The highest BCUT2D eigenvalue weighted by Gasteiger charge is 2.13. The SMILES string of the molecule is COc1ccccc1CNC(=O)CCCNS(=O)(=O)c1ccc(F)cc1. The number of carbonyl (C=O) groups is 1.